The van der Waals surface area contributed by atoms with Crippen LogP contribution in [0.3, 0.4) is 0 Å². The van der Waals surface area contributed by atoms with E-state index in [1.165, 1.54) is 18.2 Å². The van der Waals surface area contributed by atoms with Gasteiger partial charge in [0.25, 0.3) is 0 Å². The zero-order chi connectivity index (χ0) is 19.8. The van der Waals surface area contributed by atoms with Crippen LogP contribution in [0.2, 0.25) is 0 Å². The zero-order valence-corrected chi connectivity index (χ0v) is 14.6. The van der Waals surface area contributed by atoms with Crippen molar-refractivity contribution >= 4 is 11.0 Å². The number of phenolic OH excluding ortho intramolecular Hbond substituents is 1. The molecule has 146 valence electrons. The fourth-order valence-corrected chi connectivity index (χ4v) is 3.10. The van der Waals surface area contributed by atoms with Crippen LogP contribution in [0.1, 0.15) is 0 Å². The molecule has 0 bridgehead atoms. The number of benzene rings is 2. The molecule has 0 spiro atoms. The molecule has 4 atom stereocenters. The molecule has 2 aromatic carbocycles. The monoisotopic (exact) mass is 386 g/mol. The topological polar surface area (TPSA) is 130 Å². The summed E-state index contributed by atoms with van der Waals surface area (Å²) in [4.78, 5) is 12.2. The van der Waals surface area contributed by atoms with E-state index >= 15 is 0 Å². The van der Waals surface area contributed by atoms with Crippen LogP contribution in [0.15, 0.2) is 57.7 Å². The third-order valence-electron chi connectivity index (χ3n) is 4.62. The molecule has 28 heavy (non-hydrogen) atoms. The fraction of sp³-hybridized carbons (Fsp3) is 0.250. The van der Waals surface area contributed by atoms with E-state index in [0.29, 0.717) is 16.5 Å². The predicted molar refractivity (Wildman–Crippen MR) is 98.0 cm³/mol. The number of rotatable bonds is 4. The predicted octanol–water partition coefficient (Wildman–Crippen LogP) is 0.983. The molecule has 4 N–H and O–H groups in total. The molecule has 8 nitrogen and oxygen atoms in total. The first-order valence-corrected chi connectivity index (χ1v) is 8.63. The first kappa shape index (κ1) is 18.5. The normalized spacial score (nSPS) is 24.5. The molecule has 4 rings (SSSR count). The van der Waals surface area contributed by atoms with Crippen LogP contribution >= 0.6 is 0 Å². The molecule has 2 heterocycles. The fourth-order valence-electron chi connectivity index (χ4n) is 3.10. The maximum absolute atomic E-state index is 12.2. The van der Waals surface area contributed by atoms with E-state index in [0.717, 1.165) is 0 Å². The average Bonchev–Trinajstić information content (AvgIpc) is 2.97. The third kappa shape index (κ3) is 3.23. The Morgan fingerprint density at radius 1 is 1.04 bits per heavy atom. The molecule has 0 radical (unpaired) electrons. The van der Waals surface area contributed by atoms with Crippen LogP contribution in [-0.2, 0) is 4.74 Å². The Balaban J connectivity index is 1.61. The Kier molecular flexibility index (Phi) is 4.78. The van der Waals surface area contributed by atoms with Crippen molar-refractivity contribution in [1.29, 1.82) is 0 Å². The first-order chi connectivity index (χ1) is 13.5. The van der Waals surface area contributed by atoms with Crippen molar-refractivity contribution in [3.63, 3.8) is 0 Å². The molecule has 1 saturated heterocycles. The molecular weight excluding hydrogens is 368 g/mol. The lowest BCUT2D eigenvalue weighted by Crippen LogP contribution is -2.35. The van der Waals surface area contributed by atoms with Crippen molar-refractivity contribution in [1.82, 2.24) is 0 Å². The standard InChI is InChI=1S/C20H18O8/c21-9-17-18(24)19(25)20(28-17)27-15-6-5-10(7-13(15)23)16-8-12(22)11-3-1-2-4-14(11)26-16/h1-8,17-21,23-25H,9H2. The second-order valence-corrected chi connectivity index (χ2v) is 6.48. The van der Waals surface area contributed by atoms with Crippen LogP contribution in [0.25, 0.3) is 22.3 Å². The van der Waals surface area contributed by atoms with Crippen molar-refractivity contribution in [3.8, 4) is 22.8 Å². The van der Waals surface area contributed by atoms with Crippen molar-refractivity contribution in [2.45, 2.75) is 24.6 Å². The summed E-state index contributed by atoms with van der Waals surface area (Å²) in [7, 11) is 0. The lowest BCUT2D eigenvalue weighted by molar-refractivity contribution is -0.117. The van der Waals surface area contributed by atoms with Gasteiger partial charge in [0.2, 0.25) is 6.29 Å². The Bertz CT molecular complexity index is 1060. The van der Waals surface area contributed by atoms with Crippen LogP contribution in [-0.4, -0.2) is 51.6 Å². The number of fused-ring (bicyclic) bond motifs is 1. The summed E-state index contributed by atoms with van der Waals surface area (Å²) in [6, 6.07) is 12.5. The van der Waals surface area contributed by atoms with E-state index in [9.17, 15) is 20.1 Å². The van der Waals surface area contributed by atoms with Crippen LogP contribution < -0.4 is 10.2 Å². The van der Waals surface area contributed by atoms with Crippen LogP contribution in [0.4, 0.5) is 0 Å². The second-order valence-electron chi connectivity index (χ2n) is 6.48. The Morgan fingerprint density at radius 3 is 2.54 bits per heavy atom. The van der Waals surface area contributed by atoms with Crippen molar-refractivity contribution < 1.29 is 34.3 Å². The molecule has 0 saturated carbocycles. The molecule has 3 aromatic rings. The lowest BCUT2D eigenvalue weighted by Gasteiger charge is -2.17. The molecule has 0 aliphatic carbocycles. The Labute approximate surface area is 158 Å². The minimum absolute atomic E-state index is 0.00160. The van der Waals surface area contributed by atoms with Crippen molar-refractivity contribution in [2.24, 2.45) is 0 Å². The van der Waals surface area contributed by atoms with Gasteiger partial charge in [-0.25, -0.2) is 0 Å². The number of aliphatic hydroxyl groups is 3. The SMILES string of the molecule is O=c1cc(-c2ccc(OC3OC(CO)C(O)C3O)c(O)c2)oc2ccccc12. The van der Waals surface area contributed by atoms with Crippen LogP contribution in [0.5, 0.6) is 11.5 Å². The second kappa shape index (κ2) is 7.25. The Hall–Kier alpha value is -2.91. The van der Waals surface area contributed by atoms with Gasteiger partial charge in [-0.15, -0.1) is 0 Å². The highest BCUT2D eigenvalue weighted by Gasteiger charge is 2.44. The number of aliphatic hydroxyl groups excluding tert-OH is 3. The van der Waals surface area contributed by atoms with Gasteiger partial charge in [-0.05, 0) is 30.3 Å². The van der Waals surface area contributed by atoms with Crippen molar-refractivity contribution in [2.75, 3.05) is 6.61 Å². The smallest absolute Gasteiger partial charge is 0.229 e. The average molecular weight is 386 g/mol. The van der Waals surface area contributed by atoms with Gasteiger partial charge in [-0.1, -0.05) is 12.1 Å². The number of hydrogen-bond donors (Lipinski definition) is 4. The summed E-state index contributed by atoms with van der Waals surface area (Å²) in [5, 5.41) is 39.5. The van der Waals surface area contributed by atoms with E-state index in [2.05, 4.69) is 0 Å². The molecular formula is C20H18O8. The summed E-state index contributed by atoms with van der Waals surface area (Å²) >= 11 is 0. The number of ether oxygens (including phenoxy) is 2. The van der Waals surface area contributed by atoms with Gasteiger partial charge in [-0.2, -0.15) is 0 Å². The van der Waals surface area contributed by atoms with E-state index in [1.54, 1.807) is 30.3 Å². The zero-order valence-electron chi connectivity index (χ0n) is 14.6. The van der Waals surface area contributed by atoms with Crippen LogP contribution in [0, 0.1) is 0 Å². The van der Waals surface area contributed by atoms with Crippen molar-refractivity contribution in [3.05, 3.63) is 58.8 Å². The van der Waals surface area contributed by atoms with Gasteiger partial charge in [0, 0.05) is 11.6 Å². The molecule has 1 aromatic heterocycles. The maximum Gasteiger partial charge on any atom is 0.229 e. The number of para-hydroxylation sites is 1. The molecule has 1 aliphatic heterocycles. The van der Waals surface area contributed by atoms with E-state index < -0.39 is 31.2 Å². The highest BCUT2D eigenvalue weighted by atomic mass is 16.7. The number of aromatic hydroxyl groups is 1. The quantitative estimate of drug-likeness (QED) is 0.522. The highest BCUT2D eigenvalue weighted by Crippen LogP contribution is 2.34. The third-order valence-corrected chi connectivity index (χ3v) is 4.62. The summed E-state index contributed by atoms with van der Waals surface area (Å²) in [6.45, 7) is -0.482. The highest BCUT2D eigenvalue weighted by molar-refractivity contribution is 5.78. The van der Waals surface area contributed by atoms with E-state index in [-0.39, 0.29) is 22.7 Å². The van der Waals surface area contributed by atoms with Gasteiger partial charge in [0.1, 0.15) is 29.7 Å². The van der Waals surface area contributed by atoms with E-state index in [4.69, 9.17) is 19.0 Å². The summed E-state index contributed by atoms with van der Waals surface area (Å²) in [6.07, 6.45) is -4.91. The minimum atomic E-state index is -1.38. The molecule has 1 fully saturated rings. The summed E-state index contributed by atoms with van der Waals surface area (Å²) in [5.41, 5.74) is 0.674. The maximum atomic E-state index is 12.2. The minimum Gasteiger partial charge on any atom is -0.504 e. The molecule has 8 heteroatoms. The summed E-state index contributed by atoms with van der Waals surface area (Å²) < 4.78 is 16.4. The molecule has 4 unspecified atom stereocenters. The Morgan fingerprint density at radius 2 is 1.82 bits per heavy atom. The van der Waals surface area contributed by atoms with E-state index in [1.807, 2.05) is 0 Å². The van der Waals surface area contributed by atoms with Gasteiger partial charge in [0.15, 0.2) is 16.9 Å². The molecule has 1 aliphatic rings. The van der Waals surface area contributed by atoms with Gasteiger partial charge >= 0.3 is 0 Å². The van der Waals surface area contributed by atoms with Gasteiger partial charge in [-0.3, -0.25) is 4.79 Å². The lowest BCUT2D eigenvalue weighted by atomic mass is 10.1. The van der Waals surface area contributed by atoms with Gasteiger partial charge in [0.05, 0.1) is 12.0 Å². The summed E-state index contributed by atoms with van der Waals surface area (Å²) in [5.74, 6) is 0.00578. The number of phenols is 1. The molecule has 0 amide bonds. The largest absolute Gasteiger partial charge is 0.504 e. The number of hydrogen-bond acceptors (Lipinski definition) is 8. The van der Waals surface area contributed by atoms with Gasteiger partial charge < -0.3 is 34.3 Å². The first-order valence-electron chi connectivity index (χ1n) is 8.63.